The molecule has 2 aliphatic rings. The third kappa shape index (κ3) is 9.80. The van der Waals surface area contributed by atoms with Crippen LogP contribution in [-0.2, 0) is 27.9 Å². The summed E-state index contributed by atoms with van der Waals surface area (Å²) in [5.74, 6) is 0.239. The number of carbonyl (C=O) groups is 1. The molecule has 0 unspecified atom stereocenters. The Morgan fingerprint density at radius 3 is 1.41 bits per heavy atom. The van der Waals surface area contributed by atoms with Gasteiger partial charge in [-0.25, -0.2) is 18.4 Å². The van der Waals surface area contributed by atoms with Crippen LogP contribution in [-0.4, -0.2) is 111 Å². The molecule has 0 spiro atoms. The third-order valence-corrected chi connectivity index (χ3v) is 13.5. The molecular weight excluding hydrogens is 805 g/mol. The number of pyridine rings is 2. The number of amides is 1. The topological polar surface area (TPSA) is 98.8 Å². The van der Waals surface area contributed by atoms with Crippen molar-refractivity contribution in [1.82, 2.24) is 37.8 Å². The van der Waals surface area contributed by atoms with Gasteiger partial charge in [0.2, 0.25) is 15.9 Å². The van der Waals surface area contributed by atoms with Crippen LogP contribution in [0.5, 0.6) is 0 Å². The van der Waals surface area contributed by atoms with Crippen LogP contribution in [0, 0.1) is 0 Å². The number of nitrogens with zero attached hydrogens (tertiary/aromatic N) is 8. The van der Waals surface area contributed by atoms with E-state index in [0.29, 0.717) is 19.5 Å². The van der Waals surface area contributed by atoms with Crippen molar-refractivity contribution in [3.8, 4) is 44.8 Å². The number of likely N-dealkylation sites (N-methyl/N-ethyl adjacent to an activating group) is 1. The van der Waals surface area contributed by atoms with E-state index >= 15 is 0 Å². The normalized spacial score (nSPS) is 15.7. The van der Waals surface area contributed by atoms with E-state index in [4.69, 9.17) is 0 Å². The summed E-state index contributed by atoms with van der Waals surface area (Å²) in [5, 5.41) is 0. The minimum absolute atomic E-state index is 0.239. The molecular formula is C51H52N8O3S. The van der Waals surface area contributed by atoms with Crippen molar-refractivity contribution >= 4 is 27.2 Å². The van der Waals surface area contributed by atoms with E-state index in [1.807, 2.05) is 60.7 Å². The first-order chi connectivity index (χ1) is 30.6. The average Bonchev–Trinajstić information content (AvgIpc) is 3.91. The first-order valence-corrected chi connectivity index (χ1v) is 23.4. The zero-order chi connectivity index (χ0) is 43.3. The Bertz CT molecular complexity index is 2930. The number of fused-ring (bicyclic) bond motifs is 2. The lowest BCUT2D eigenvalue weighted by Gasteiger charge is -2.33. The van der Waals surface area contributed by atoms with E-state index < -0.39 is 10.0 Å². The van der Waals surface area contributed by atoms with Gasteiger partial charge in [-0.2, -0.15) is 4.31 Å². The van der Waals surface area contributed by atoms with E-state index in [1.54, 1.807) is 4.31 Å². The number of rotatable bonds is 9. The quantitative estimate of drug-likeness (QED) is 0.145. The Morgan fingerprint density at radius 1 is 0.508 bits per heavy atom. The highest BCUT2D eigenvalue weighted by molar-refractivity contribution is 7.88. The molecule has 320 valence electrons. The molecule has 63 heavy (non-hydrogen) atoms. The maximum atomic E-state index is 11.9. The number of hydrogen-bond donors (Lipinski definition) is 0. The zero-order valence-corrected chi connectivity index (χ0v) is 36.6. The summed E-state index contributed by atoms with van der Waals surface area (Å²) in [7, 11) is -1.20. The highest BCUT2D eigenvalue weighted by Gasteiger charge is 2.23. The minimum atomic E-state index is -3.09. The van der Waals surface area contributed by atoms with Gasteiger partial charge in [-0.1, -0.05) is 109 Å². The van der Waals surface area contributed by atoms with Gasteiger partial charge in [0.15, 0.2) is 0 Å². The molecule has 0 atom stereocenters. The predicted octanol–water partition coefficient (Wildman–Crippen LogP) is 8.08. The van der Waals surface area contributed by atoms with Crippen molar-refractivity contribution in [2.75, 3.05) is 59.1 Å². The van der Waals surface area contributed by atoms with Crippen LogP contribution in [0.15, 0.2) is 158 Å². The van der Waals surface area contributed by atoms with Gasteiger partial charge in [0.05, 0.1) is 30.0 Å². The molecule has 0 radical (unpaired) electrons. The fraction of sp³-hybridized carbons (Fsp3) is 0.235. The van der Waals surface area contributed by atoms with Crippen LogP contribution in [0.25, 0.3) is 56.1 Å². The van der Waals surface area contributed by atoms with Gasteiger partial charge in [-0.05, 0) is 57.6 Å². The molecule has 10 rings (SSSR count). The van der Waals surface area contributed by atoms with Gasteiger partial charge in [0.25, 0.3) is 0 Å². The van der Waals surface area contributed by atoms with Gasteiger partial charge >= 0.3 is 0 Å². The van der Waals surface area contributed by atoms with E-state index in [0.717, 1.165) is 96.3 Å². The molecule has 6 heterocycles. The smallest absolute Gasteiger partial charge is 0.223 e. The first kappa shape index (κ1) is 41.9. The number of sulfonamides is 1. The van der Waals surface area contributed by atoms with Crippen LogP contribution in [0.3, 0.4) is 0 Å². The zero-order valence-electron chi connectivity index (χ0n) is 35.8. The van der Waals surface area contributed by atoms with Crippen molar-refractivity contribution in [2.24, 2.45) is 0 Å². The van der Waals surface area contributed by atoms with Crippen LogP contribution in [0.2, 0.25) is 0 Å². The standard InChI is InChI=1S/C26H26N4O.C25H26N4O2S/c1-28-15-16-29(13-12-26(28)31)19-20-7-9-21(10-8-20)23-11-14-30-24(18-27-25(30)17-23)22-5-3-2-4-6-22;1-32(30,31)28-15-13-27(14-16-28)19-20-7-9-21(10-8-20)23-11-12-29-24(18-26-25(29)17-23)22-5-3-2-4-6-22/h2-11,14,17-18H,12-13,15-16,19H2,1H3;2-12,17-18H,13-16,19H2,1H3. The Labute approximate surface area is 369 Å². The SMILES string of the molecule is CN1CCN(Cc2ccc(-c3ccn4c(-c5ccccc5)cnc4c3)cc2)CCC1=O.CS(=O)(=O)N1CCN(Cc2ccc(-c3ccn4c(-c5ccccc5)cnc4c3)cc2)CC1. The molecule has 4 aromatic heterocycles. The highest BCUT2D eigenvalue weighted by Crippen LogP contribution is 2.28. The summed E-state index contributed by atoms with van der Waals surface area (Å²) in [5.41, 5.74) is 13.5. The summed E-state index contributed by atoms with van der Waals surface area (Å²) in [4.78, 5) is 27.6. The molecule has 12 heteroatoms. The Kier molecular flexibility index (Phi) is 12.3. The van der Waals surface area contributed by atoms with E-state index in [9.17, 15) is 13.2 Å². The molecule has 8 aromatic rings. The number of aromatic nitrogens is 4. The van der Waals surface area contributed by atoms with Crippen molar-refractivity contribution in [1.29, 1.82) is 0 Å². The number of benzene rings is 4. The van der Waals surface area contributed by atoms with Gasteiger partial charge in [0.1, 0.15) is 11.3 Å². The summed E-state index contributed by atoms with van der Waals surface area (Å²) >= 11 is 0. The summed E-state index contributed by atoms with van der Waals surface area (Å²) in [6.45, 7) is 6.89. The third-order valence-electron chi connectivity index (χ3n) is 12.2. The molecule has 0 N–H and O–H groups in total. The second-order valence-corrected chi connectivity index (χ2v) is 18.5. The Balaban J connectivity index is 0.000000160. The highest BCUT2D eigenvalue weighted by atomic mass is 32.2. The van der Waals surface area contributed by atoms with Crippen molar-refractivity contribution in [3.05, 3.63) is 169 Å². The molecule has 0 saturated carbocycles. The maximum absolute atomic E-state index is 11.9. The number of hydrogen-bond acceptors (Lipinski definition) is 7. The second kappa shape index (κ2) is 18.5. The lowest BCUT2D eigenvalue weighted by Crippen LogP contribution is -2.47. The van der Waals surface area contributed by atoms with Gasteiger partial charge in [-0.15, -0.1) is 0 Å². The fourth-order valence-electron chi connectivity index (χ4n) is 8.44. The molecule has 2 aliphatic heterocycles. The lowest BCUT2D eigenvalue weighted by molar-refractivity contribution is -0.129. The minimum Gasteiger partial charge on any atom is -0.344 e. The molecule has 0 aliphatic carbocycles. The van der Waals surface area contributed by atoms with E-state index in [-0.39, 0.29) is 5.91 Å². The second-order valence-electron chi connectivity index (χ2n) is 16.5. The largest absolute Gasteiger partial charge is 0.344 e. The first-order valence-electron chi connectivity index (χ1n) is 21.5. The molecule has 4 aromatic carbocycles. The van der Waals surface area contributed by atoms with Crippen molar-refractivity contribution < 1.29 is 13.2 Å². The van der Waals surface area contributed by atoms with E-state index in [2.05, 4.69) is 138 Å². The molecule has 1 amide bonds. The fourth-order valence-corrected chi connectivity index (χ4v) is 9.26. The molecule has 2 saturated heterocycles. The predicted molar refractivity (Wildman–Crippen MR) is 251 cm³/mol. The van der Waals surface area contributed by atoms with Gasteiger partial charge in [-0.3, -0.25) is 23.4 Å². The van der Waals surface area contributed by atoms with Crippen LogP contribution >= 0.6 is 0 Å². The Morgan fingerprint density at radius 2 is 0.952 bits per heavy atom. The van der Waals surface area contributed by atoms with E-state index in [1.165, 1.54) is 22.9 Å². The molecule has 0 bridgehead atoms. The van der Waals surface area contributed by atoms with Gasteiger partial charge < -0.3 is 4.90 Å². The maximum Gasteiger partial charge on any atom is 0.223 e. The summed E-state index contributed by atoms with van der Waals surface area (Å²) in [6, 6.07) is 46.5. The summed E-state index contributed by atoms with van der Waals surface area (Å²) < 4.78 is 29.2. The monoisotopic (exact) mass is 856 g/mol. The van der Waals surface area contributed by atoms with Crippen molar-refractivity contribution in [2.45, 2.75) is 19.5 Å². The van der Waals surface area contributed by atoms with Crippen LogP contribution in [0.1, 0.15) is 17.5 Å². The van der Waals surface area contributed by atoms with Gasteiger partial charge in [0, 0.05) is 95.9 Å². The average molecular weight is 857 g/mol. The number of piperazine rings is 1. The molecule has 11 nitrogen and oxygen atoms in total. The summed E-state index contributed by atoms with van der Waals surface area (Å²) in [6.07, 6.45) is 9.91. The Hall–Kier alpha value is -6.44. The van der Waals surface area contributed by atoms with Crippen LogP contribution < -0.4 is 0 Å². The number of carbonyl (C=O) groups excluding carboxylic acids is 1. The number of imidazole rings is 2. The molecule has 2 fully saturated rings. The van der Waals surface area contributed by atoms with Crippen molar-refractivity contribution in [3.63, 3.8) is 0 Å². The lowest BCUT2D eigenvalue weighted by atomic mass is 10.0. The van der Waals surface area contributed by atoms with Crippen LogP contribution in [0.4, 0.5) is 0 Å².